The molecule has 11 heteroatoms. The number of fused-ring (bicyclic) bond motifs is 1. The number of aryl methyl sites for hydroxylation is 1. The van der Waals surface area contributed by atoms with Crippen molar-refractivity contribution in [1.29, 1.82) is 0 Å². The number of halogens is 4. The van der Waals surface area contributed by atoms with Crippen molar-refractivity contribution in [3.05, 3.63) is 76.6 Å². The highest BCUT2D eigenvalue weighted by Gasteiger charge is 2.33. The highest BCUT2D eigenvalue weighted by atomic mass is 35.5. The van der Waals surface area contributed by atoms with Gasteiger partial charge in [0, 0.05) is 50.1 Å². The first-order valence-electron chi connectivity index (χ1n) is 9.94. The van der Waals surface area contributed by atoms with E-state index >= 15 is 0 Å². The van der Waals surface area contributed by atoms with E-state index in [0.717, 1.165) is 17.8 Å². The van der Waals surface area contributed by atoms with Crippen LogP contribution in [0.4, 0.5) is 13.2 Å². The van der Waals surface area contributed by atoms with E-state index in [-0.39, 0.29) is 30.2 Å². The van der Waals surface area contributed by atoms with Crippen LogP contribution in [0.3, 0.4) is 0 Å². The second kappa shape index (κ2) is 8.86. The van der Waals surface area contributed by atoms with Crippen LogP contribution in [0.15, 0.2) is 43.2 Å². The van der Waals surface area contributed by atoms with Gasteiger partial charge in [-0.2, -0.15) is 13.2 Å². The smallest absolute Gasteiger partial charge is 0.334 e. The van der Waals surface area contributed by atoms with Gasteiger partial charge in [0.2, 0.25) is 0 Å². The molecule has 0 amide bonds. The second-order valence-corrected chi connectivity index (χ2v) is 8.11. The Morgan fingerprint density at radius 2 is 1.79 bits per heavy atom. The van der Waals surface area contributed by atoms with Gasteiger partial charge >= 0.3 is 6.18 Å². The maximum absolute atomic E-state index is 13.0. The lowest BCUT2D eigenvalue weighted by atomic mass is 9.99. The fraction of sp³-hybridized carbons (Fsp3) is 0.273. The molecule has 0 aliphatic heterocycles. The van der Waals surface area contributed by atoms with Crippen molar-refractivity contribution in [2.24, 2.45) is 7.05 Å². The van der Waals surface area contributed by atoms with Crippen molar-refractivity contribution in [1.82, 2.24) is 29.5 Å². The molecule has 1 unspecified atom stereocenters. The molecule has 0 saturated carbocycles. The maximum atomic E-state index is 13.0. The maximum Gasteiger partial charge on any atom is 0.417 e. The third-order valence-electron chi connectivity index (χ3n) is 5.20. The number of hydrogen-bond acceptors (Lipinski definition) is 6. The fourth-order valence-electron chi connectivity index (χ4n) is 3.36. The Balaban J connectivity index is 1.44. The minimum atomic E-state index is -4.57. The highest BCUT2D eigenvalue weighted by Crippen LogP contribution is 2.34. The fourth-order valence-corrected chi connectivity index (χ4v) is 3.57. The van der Waals surface area contributed by atoms with Crippen LogP contribution >= 0.6 is 11.6 Å². The van der Waals surface area contributed by atoms with Gasteiger partial charge in [0.05, 0.1) is 40.0 Å². The molecule has 0 aliphatic rings. The Bertz CT molecular complexity index is 1320. The van der Waals surface area contributed by atoms with Crippen molar-refractivity contribution in [3.63, 3.8) is 0 Å². The second-order valence-electron chi connectivity index (χ2n) is 7.70. The molecule has 0 aliphatic carbocycles. The van der Waals surface area contributed by atoms with Crippen LogP contribution in [0.1, 0.15) is 52.4 Å². The average molecular weight is 475 g/mol. The van der Waals surface area contributed by atoms with Crippen LogP contribution in [0.2, 0.25) is 5.02 Å². The molecule has 0 aromatic carbocycles. The third-order valence-corrected chi connectivity index (χ3v) is 5.50. The molecule has 0 fully saturated rings. The summed E-state index contributed by atoms with van der Waals surface area (Å²) in [6, 6.07) is 2.62. The number of carbonyl (C=O) groups excluding carboxylic acids is 1. The third kappa shape index (κ3) is 5.00. The number of alkyl halides is 3. The van der Waals surface area contributed by atoms with E-state index in [0.29, 0.717) is 22.6 Å². The molecule has 0 spiro atoms. The lowest BCUT2D eigenvalue weighted by molar-refractivity contribution is -0.137. The molecular weight excluding hydrogens is 457 g/mol. The standard InChI is InChI=1S/C22H18ClF3N6O/c1-12(3-21(33)17-6-20-19(10-30-17)31-11-32(20)2)18-9-28-14(7-29-18)4-13-5-15(22(24,25)26)16(23)8-27-13/h5-12H,3-4H2,1-2H3. The quantitative estimate of drug-likeness (QED) is 0.373. The molecular formula is C22H18ClF3N6O. The molecule has 0 bridgehead atoms. The molecule has 0 saturated heterocycles. The summed E-state index contributed by atoms with van der Waals surface area (Å²) in [5, 5.41) is -0.455. The Labute approximate surface area is 191 Å². The topological polar surface area (TPSA) is 86.5 Å². The van der Waals surface area contributed by atoms with Crippen LogP contribution < -0.4 is 0 Å². The Morgan fingerprint density at radius 3 is 2.48 bits per heavy atom. The number of Topliss-reactive ketones (excluding diaryl/α,β-unsaturated/α-hetero) is 1. The zero-order valence-electron chi connectivity index (χ0n) is 17.6. The van der Waals surface area contributed by atoms with Crippen LogP contribution in [0.5, 0.6) is 0 Å². The number of ketones is 1. The van der Waals surface area contributed by atoms with Crippen molar-refractivity contribution >= 4 is 28.4 Å². The summed E-state index contributed by atoms with van der Waals surface area (Å²) in [5.41, 5.74) is 2.14. The predicted octanol–water partition coefficient (Wildman–Crippen LogP) is 4.79. The van der Waals surface area contributed by atoms with Crippen molar-refractivity contribution in [2.45, 2.75) is 31.9 Å². The summed E-state index contributed by atoms with van der Waals surface area (Å²) in [4.78, 5) is 33.7. The Hall–Kier alpha value is -3.40. The van der Waals surface area contributed by atoms with Gasteiger partial charge < -0.3 is 4.57 Å². The predicted molar refractivity (Wildman–Crippen MR) is 115 cm³/mol. The number of carbonyl (C=O) groups is 1. The Morgan fingerprint density at radius 1 is 1.03 bits per heavy atom. The number of aromatic nitrogens is 6. The van der Waals surface area contributed by atoms with Gasteiger partial charge in [0.15, 0.2) is 5.78 Å². The summed E-state index contributed by atoms with van der Waals surface area (Å²) in [6.45, 7) is 1.85. The number of rotatable bonds is 6. The molecule has 4 rings (SSSR count). The van der Waals surface area contributed by atoms with Crippen LogP contribution in [0.25, 0.3) is 11.0 Å². The van der Waals surface area contributed by atoms with E-state index in [9.17, 15) is 18.0 Å². The highest BCUT2D eigenvalue weighted by molar-refractivity contribution is 6.31. The molecule has 4 heterocycles. The van der Waals surface area contributed by atoms with Crippen molar-refractivity contribution < 1.29 is 18.0 Å². The van der Waals surface area contributed by atoms with Gasteiger partial charge in [0.1, 0.15) is 11.2 Å². The minimum Gasteiger partial charge on any atom is -0.334 e. The van der Waals surface area contributed by atoms with E-state index in [2.05, 4.69) is 24.9 Å². The molecule has 33 heavy (non-hydrogen) atoms. The SMILES string of the molecule is CC(CC(=O)c1cc2c(cn1)ncn2C)c1cnc(Cc2cc(C(F)(F)F)c(Cl)cn2)cn1. The van der Waals surface area contributed by atoms with Gasteiger partial charge in [0.25, 0.3) is 0 Å². The first-order valence-corrected chi connectivity index (χ1v) is 10.3. The van der Waals surface area contributed by atoms with E-state index in [1.807, 2.05) is 18.5 Å². The van der Waals surface area contributed by atoms with Crippen molar-refractivity contribution in [3.8, 4) is 0 Å². The van der Waals surface area contributed by atoms with E-state index in [1.54, 1.807) is 18.6 Å². The number of pyridine rings is 2. The van der Waals surface area contributed by atoms with Gasteiger partial charge in [-0.3, -0.25) is 24.7 Å². The molecule has 7 nitrogen and oxygen atoms in total. The number of imidazole rings is 1. The van der Waals surface area contributed by atoms with Gasteiger partial charge in [-0.1, -0.05) is 18.5 Å². The molecule has 0 radical (unpaired) electrons. The zero-order chi connectivity index (χ0) is 23.8. The molecule has 0 N–H and O–H groups in total. The summed E-state index contributed by atoms with van der Waals surface area (Å²) in [7, 11) is 1.84. The minimum absolute atomic E-state index is 0.0650. The van der Waals surface area contributed by atoms with Gasteiger partial charge in [-0.25, -0.2) is 4.98 Å². The normalized spacial score (nSPS) is 12.8. The lowest BCUT2D eigenvalue weighted by Gasteiger charge is -2.11. The zero-order valence-corrected chi connectivity index (χ0v) is 18.4. The molecule has 4 aromatic rings. The summed E-state index contributed by atoms with van der Waals surface area (Å²) < 4.78 is 40.9. The van der Waals surface area contributed by atoms with E-state index in [4.69, 9.17) is 11.6 Å². The summed E-state index contributed by atoms with van der Waals surface area (Å²) >= 11 is 5.61. The van der Waals surface area contributed by atoms with Gasteiger partial charge in [-0.15, -0.1) is 0 Å². The molecule has 4 aromatic heterocycles. The van der Waals surface area contributed by atoms with Crippen LogP contribution in [-0.2, 0) is 19.6 Å². The first kappa shape index (κ1) is 22.8. The molecule has 170 valence electrons. The first-order chi connectivity index (χ1) is 15.6. The van der Waals surface area contributed by atoms with E-state index < -0.39 is 16.8 Å². The monoisotopic (exact) mass is 474 g/mol. The number of hydrogen-bond donors (Lipinski definition) is 0. The Kier molecular flexibility index (Phi) is 6.11. The number of nitrogens with zero attached hydrogens (tertiary/aromatic N) is 6. The van der Waals surface area contributed by atoms with Crippen LogP contribution in [-0.4, -0.2) is 35.3 Å². The largest absolute Gasteiger partial charge is 0.417 e. The molecule has 1 atom stereocenters. The van der Waals surface area contributed by atoms with Crippen molar-refractivity contribution in [2.75, 3.05) is 0 Å². The average Bonchev–Trinajstić information content (AvgIpc) is 3.15. The van der Waals surface area contributed by atoms with E-state index in [1.165, 1.54) is 12.4 Å². The van der Waals surface area contributed by atoms with Crippen LogP contribution in [0, 0.1) is 0 Å². The summed E-state index contributed by atoms with van der Waals surface area (Å²) in [6.07, 6.45) is 2.87. The summed E-state index contributed by atoms with van der Waals surface area (Å²) in [5.74, 6) is -0.366. The van der Waals surface area contributed by atoms with Gasteiger partial charge in [-0.05, 0) is 12.1 Å². The lowest BCUT2D eigenvalue weighted by Crippen LogP contribution is -2.10.